The van der Waals surface area contributed by atoms with E-state index in [-0.39, 0.29) is 12.1 Å². The van der Waals surface area contributed by atoms with Gasteiger partial charge in [-0.3, -0.25) is 0 Å². The summed E-state index contributed by atoms with van der Waals surface area (Å²) in [6, 6.07) is 20.2. The lowest BCUT2D eigenvalue weighted by molar-refractivity contribution is -0.137. The molecule has 4 nitrogen and oxygen atoms in total. The van der Waals surface area contributed by atoms with Crippen LogP contribution in [-0.4, -0.2) is 25.3 Å². The number of carbonyl (C=O) groups is 1. The predicted octanol–water partition coefficient (Wildman–Crippen LogP) is 5.32. The van der Waals surface area contributed by atoms with E-state index < -0.39 is 0 Å². The highest BCUT2D eigenvalue weighted by Gasteiger charge is 2.13. The molecule has 0 saturated carbocycles. The number of benzene rings is 2. The monoisotopic (exact) mass is 396 g/mol. The van der Waals surface area contributed by atoms with Crippen molar-refractivity contribution < 1.29 is 19.0 Å². The maximum absolute atomic E-state index is 11.7. The lowest BCUT2D eigenvalue weighted by Gasteiger charge is -2.19. The highest BCUT2D eigenvalue weighted by Crippen LogP contribution is 2.16. The third-order valence-corrected chi connectivity index (χ3v) is 4.54. The van der Waals surface area contributed by atoms with E-state index in [2.05, 4.69) is 19.1 Å². The van der Waals surface area contributed by atoms with Gasteiger partial charge in [-0.15, -0.1) is 0 Å². The number of hydrogen-bond acceptors (Lipinski definition) is 4. The van der Waals surface area contributed by atoms with Crippen LogP contribution in [0.5, 0.6) is 0 Å². The average molecular weight is 397 g/mol. The number of hydrogen-bond donors (Lipinski definition) is 0. The summed E-state index contributed by atoms with van der Waals surface area (Å²) < 4.78 is 16.8. The molecule has 0 aliphatic rings. The Bertz CT molecular complexity index is 712. The third kappa shape index (κ3) is 10.1. The molecule has 4 heteroatoms. The summed E-state index contributed by atoms with van der Waals surface area (Å²) in [5.74, 6) is 0.0676. The van der Waals surface area contributed by atoms with Crippen molar-refractivity contribution >= 4 is 5.97 Å². The van der Waals surface area contributed by atoms with Gasteiger partial charge >= 0.3 is 5.97 Å². The summed E-state index contributed by atoms with van der Waals surface area (Å²) in [5.41, 5.74) is 2.29. The predicted molar refractivity (Wildman–Crippen MR) is 115 cm³/mol. The zero-order valence-electron chi connectivity index (χ0n) is 17.5. The highest BCUT2D eigenvalue weighted by molar-refractivity contribution is 5.81. The van der Waals surface area contributed by atoms with E-state index in [4.69, 9.17) is 14.2 Å². The lowest BCUT2D eigenvalue weighted by atomic mass is 10.00. The van der Waals surface area contributed by atoms with Crippen molar-refractivity contribution in [3.05, 3.63) is 83.9 Å². The number of carbonyl (C=O) groups excluding carboxylic acids is 1. The van der Waals surface area contributed by atoms with Crippen LogP contribution in [0.4, 0.5) is 0 Å². The van der Waals surface area contributed by atoms with Crippen molar-refractivity contribution in [1.29, 1.82) is 0 Å². The molecule has 0 bridgehead atoms. The maximum Gasteiger partial charge on any atom is 0.330 e. The van der Waals surface area contributed by atoms with E-state index in [0.29, 0.717) is 32.3 Å². The minimum absolute atomic E-state index is 0.149. The van der Waals surface area contributed by atoms with Gasteiger partial charge in [-0.1, -0.05) is 67.6 Å². The minimum Gasteiger partial charge on any atom is -0.463 e. The Kier molecular flexibility index (Phi) is 10.8. The van der Waals surface area contributed by atoms with Crippen LogP contribution in [0.15, 0.2) is 72.8 Å². The number of esters is 1. The molecule has 29 heavy (non-hydrogen) atoms. The van der Waals surface area contributed by atoms with E-state index in [0.717, 1.165) is 18.4 Å². The Hall–Kier alpha value is -2.43. The van der Waals surface area contributed by atoms with Crippen LogP contribution in [0, 0.1) is 5.92 Å². The molecular weight excluding hydrogens is 364 g/mol. The van der Waals surface area contributed by atoms with Crippen molar-refractivity contribution in [2.75, 3.05) is 13.2 Å². The van der Waals surface area contributed by atoms with Gasteiger partial charge in [0.2, 0.25) is 0 Å². The van der Waals surface area contributed by atoms with Gasteiger partial charge in [-0.25, -0.2) is 4.79 Å². The Labute approximate surface area is 174 Å². The zero-order chi connectivity index (χ0) is 20.7. The molecule has 0 heterocycles. The Morgan fingerprint density at radius 3 is 2.21 bits per heavy atom. The van der Waals surface area contributed by atoms with E-state index in [1.165, 1.54) is 11.6 Å². The number of rotatable bonds is 13. The molecule has 2 rings (SSSR count). The maximum atomic E-state index is 11.7. The van der Waals surface area contributed by atoms with Gasteiger partial charge in [0.25, 0.3) is 0 Å². The first-order valence-electron chi connectivity index (χ1n) is 10.3. The normalized spacial score (nSPS) is 13.3. The SMILES string of the molecule is CCOC(=O)/C=C/[C@@H](C[C@H](C)CCOCc1ccccc1)OCc1ccccc1. The van der Waals surface area contributed by atoms with Gasteiger partial charge in [0.05, 0.1) is 25.9 Å². The second-order valence-corrected chi connectivity index (χ2v) is 7.11. The van der Waals surface area contributed by atoms with Crippen LogP contribution < -0.4 is 0 Å². The fourth-order valence-electron chi connectivity index (χ4n) is 2.92. The van der Waals surface area contributed by atoms with Crippen molar-refractivity contribution in [1.82, 2.24) is 0 Å². The van der Waals surface area contributed by atoms with Gasteiger partial charge in [-0.05, 0) is 42.9 Å². The lowest BCUT2D eigenvalue weighted by Crippen LogP contribution is -2.16. The van der Waals surface area contributed by atoms with Crippen molar-refractivity contribution in [3.8, 4) is 0 Å². The van der Waals surface area contributed by atoms with E-state index in [1.54, 1.807) is 6.92 Å². The fraction of sp³-hybridized carbons (Fsp3) is 0.400. The second-order valence-electron chi connectivity index (χ2n) is 7.11. The zero-order valence-corrected chi connectivity index (χ0v) is 17.5. The second kappa shape index (κ2) is 13.7. The van der Waals surface area contributed by atoms with Gasteiger partial charge in [0.15, 0.2) is 0 Å². The molecule has 0 amide bonds. The highest BCUT2D eigenvalue weighted by atomic mass is 16.5. The molecular formula is C25H32O4. The van der Waals surface area contributed by atoms with Crippen LogP contribution >= 0.6 is 0 Å². The largest absolute Gasteiger partial charge is 0.463 e. The molecule has 0 aliphatic heterocycles. The van der Waals surface area contributed by atoms with Crippen molar-refractivity contribution in [3.63, 3.8) is 0 Å². The summed E-state index contributed by atoms with van der Waals surface area (Å²) in [4.78, 5) is 11.7. The molecule has 0 aromatic heterocycles. The van der Waals surface area contributed by atoms with Gasteiger partial charge in [0, 0.05) is 12.7 Å². The van der Waals surface area contributed by atoms with Gasteiger partial charge in [-0.2, -0.15) is 0 Å². The average Bonchev–Trinajstić information content (AvgIpc) is 2.75. The van der Waals surface area contributed by atoms with Gasteiger partial charge in [0.1, 0.15) is 0 Å². The fourth-order valence-corrected chi connectivity index (χ4v) is 2.92. The standard InChI is InChI=1S/C25H32O4/c1-3-28-25(26)15-14-24(29-20-23-12-8-5-9-13-23)18-21(2)16-17-27-19-22-10-6-4-7-11-22/h4-15,21,24H,3,16-20H2,1-2H3/b15-14+/t21-,24+/m1/s1. The molecule has 0 aliphatic carbocycles. The van der Waals surface area contributed by atoms with Crippen LogP contribution in [-0.2, 0) is 32.2 Å². The molecule has 0 saturated heterocycles. The smallest absolute Gasteiger partial charge is 0.330 e. The first-order chi connectivity index (χ1) is 14.2. The summed E-state index contributed by atoms with van der Waals surface area (Å²) in [6.07, 6.45) is 4.88. The van der Waals surface area contributed by atoms with E-state index >= 15 is 0 Å². The van der Waals surface area contributed by atoms with Crippen molar-refractivity contribution in [2.45, 2.75) is 46.0 Å². The summed E-state index contributed by atoms with van der Waals surface area (Å²) in [5, 5.41) is 0. The molecule has 156 valence electrons. The summed E-state index contributed by atoms with van der Waals surface area (Å²) in [7, 11) is 0. The van der Waals surface area contributed by atoms with Gasteiger partial charge < -0.3 is 14.2 Å². The quantitative estimate of drug-likeness (QED) is 0.261. The summed E-state index contributed by atoms with van der Waals surface area (Å²) >= 11 is 0. The molecule has 2 atom stereocenters. The first kappa shape index (κ1) is 22.9. The molecule has 2 aromatic carbocycles. The topological polar surface area (TPSA) is 44.8 Å². The van der Waals surface area contributed by atoms with Crippen LogP contribution in [0.3, 0.4) is 0 Å². The molecule has 2 aromatic rings. The Morgan fingerprint density at radius 1 is 0.966 bits per heavy atom. The first-order valence-corrected chi connectivity index (χ1v) is 10.3. The van der Waals surface area contributed by atoms with Crippen LogP contribution in [0.2, 0.25) is 0 Å². The molecule has 0 radical (unpaired) electrons. The van der Waals surface area contributed by atoms with Crippen LogP contribution in [0.1, 0.15) is 37.8 Å². The van der Waals surface area contributed by atoms with Crippen LogP contribution in [0.25, 0.3) is 0 Å². The molecule has 0 fully saturated rings. The molecule has 0 unspecified atom stereocenters. The van der Waals surface area contributed by atoms with E-state index in [9.17, 15) is 4.79 Å². The molecule has 0 N–H and O–H groups in total. The number of ether oxygens (including phenoxy) is 3. The Morgan fingerprint density at radius 2 is 1.59 bits per heavy atom. The Balaban J connectivity index is 1.79. The van der Waals surface area contributed by atoms with Crippen molar-refractivity contribution in [2.24, 2.45) is 5.92 Å². The minimum atomic E-state index is -0.334. The summed E-state index contributed by atoms with van der Waals surface area (Å²) in [6.45, 7) is 6.19. The molecule has 0 spiro atoms. The third-order valence-electron chi connectivity index (χ3n) is 4.54. The van der Waals surface area contributed by atoms with E-state index in [1.807, 2.05) is 54.6 Å².